The van der Waals surface area contributed by atoms with Gasteiger partial charge in [0.2, 0.25) is 0 Å². The van der Waals surface area contributed by atoms with Crippen LogP contribution in [0.1, 0.15) is 44.7 Å². The molecule has 3 fully saturated rings. The van der Waals surface area contributed by atoms with E-state index in [1.165, 1.54) is 4.68 Å². The number of nitrogens with one attached hydrogen (secondary N) is 2. The first-order valence-corrected chi connectivity index (χ1v) is 16.5. The van der Waals surface area contributed by atoms with Crippen LogP contribution in [0.3, 0.4) is 0 Å². The molecule has 3 aliphatic heterocycles. The number of likely N-dealkylation sites (tertiary alicyclic amines) is 1. The number of piperazine rings is 1. The van der Waals surface area contributed by atoms with Crippen molar-refractivity contribution in [2.75, 3.05) is 52.4 Å². The van der Waals surface area contributed by atoms with Crippen LogP contribution in [0.5, 0.6) is 0 Å². The Bertz CT molecular complexity index is 1530. The summed E-state index contributed by atoms with van der Waals surface area (Å²) in [6.45, 7) is 5.59. The van der Waals surface area contributed by atoms with Crippen LogP contribution in [0.4, 0.5) is 4.79 Å². The number of amides is 2. The Morgan fingerprint density at radius 3 is 2.24 bits per heavy atom. The molecular weight excluding hydrogens is 629 g/mol. The van der Waals surface area contributed by atoms with Gasteiger partial charge in [-0.15, -0.1) is 5.10 Å². The van der Waals surface area contributed by atoms with Crippen LogP contribution in [0.15, 0.2) is 53.3 Å². The zero-order chi connectivity index (χ0) is 31.3. The Hall–Kier alpha value is -3.38. The Morgan fingerprint density at radius 2 is 1.57 bits per heavy atom. The molecule has 11 nitrogen and oxygen atoms in total. The Kier molecular flexibility index (Phi) is 11.4. The number of aromatic amines is 1. The average molecular weight is 673 g/mol. The maximum Gasteiger partial charge on any atom is 0.410 e. The predicted octanol–water partition coefficient (Wildman–Crippen LogP) is 4.46. The van der Waals surface area contributed by atoms with E-state index < -0.39 is 12.2 Å². The third kappa shape index (κ3) is 7.94. The molecule has 3 aromatic rings. The minimum atomic E-state index is -1.000. The molecular formula is C33H43Cl2N7O4. The summed E-state index contributed by atoms with van der Waals surface area (Å²) < 4.78 is 7.43. The highest BCUT2D eigenvalue weighted by molar-refractivity contribution is 6.42. The van der Waals surface area contributed by atoms with Gasteiger partial charge in [-0.2, -0.15) is 0 Å². The summed E-state index contributed by atoms with van der Waals surface area (Å²) in [7, 11) is 0. The number of H-pyrrole nitrogens is 1. The lowest BCUT2D eigenvalue weighted by Crippen LogP contribution is -2.56. The van der Waals surface area contributed by atoms with Gasteiger partial charge in [0.25, 0.3) is 5.91 Å². The van der Waals surface area contributed by atoms with Crippen molar-refractivity contribution in [3.63, 3.8) is 0 Å². The first-order chi connectivity index (χ1) is 21.9. The molecule has 1 atom stereocenters. The van der Waals surface area contributed by atoms with Gasteiger partial charge >= 0.3 is 11.8 Å². The first-order valence-electron chi connectivity index (χ1n) is 15.7. The van der Waals surface area contributed by atoms with Crippen molar-refractivity contribution >= 4 is 35.2 Å². The highest BCUT2D eigenvalue weighted by atomic mass is 35.5. The second kappa shape index (κ2) is 15.5. The van der Waals surface area contributed by atoms with Crippen molar-refractivity contribution in [1.82, 2.24) is 34.8 Å². The van der Waals surface area contributed by atoms with Gasteiger partial charge in [-0.3, -0.25) is 14.7 Å². The van der Waals surface area contributed by atoms with Gasteiger partial charge in [0.1, 0.15) is 0 Å². The first kappa shape index (κ1) is 34.0. The zero-order valence-electron chi connectivity index (χ0n) is 25.2. The maximum atomic E-state index is 13.8. The lowest BCUT2D eigenvalue weighted by atomic mass is 10.0. The Morgan fingerprint density at radius 1 is 0.870 bits per heavy atom. The van der Waals surface area contributed by atoms with E-state index in [2.05, 4.69) is 20.3 Å². The van der Waals surface area contributed by atoms with Crippen molar-refractivity contribution in [2.24, 2.45) is 0 Å². The molecule has 3 aliphatic rings. The number of nitrogens with zero attached hydrogens (tertiary/aromatic N) is 5. The number of piperidine rings is 2. The van der Waals surface area contributed by atoms with E-state index in [-0.39, 0.29) is 31.5 Å². The van der Waals surface area contributed by atoms with Crippen LogP contribution in [0.25, 0.3) is 11.4 Å². The number of carbonyl (C=O) groups is 2. The highest BCUT2D eigenvalue weighted by Crippen LogP contribution is 2.26. The SMILES string of the molecule is C.O=C(O[C@H](Cc1ccc(Cl)c(Cl)c1)C(=O)N1CCN(C2CCNCC2)CC1)N1CCC(n2nc(-c3ccccc3)[nH]c2=O)CC1. The molecule has 0 saturated carbocycles. The third-order valence-corrected chi connectivity index (χ3v) is 9.87. The maximum absolute atomic E-state index is 13.8. The molecule has 248 valence electrons. The molecule has 2 amide bonds. The normalized spacial score (nSPS) is 19.0. The number of halogens is 2. The summed E-state index contributed by atoms with van der Waals surface area (Å²) in [5.41, 5.74) is 1.32. The van der Waals surface area contributed by atoms with Gasteiger partial charge < -0.3 is 19.9 Å². The number of carbonyl (C=O) groups excluding carboxylic acids is 2. The van der Waals surface area contributed by atoms with E-state index in [1.807, 2.05) is 35.2 Å². The molecule has 0 radical (unpaired) electrons. The van der Waals surface area contributed by atoms with Crippen LogP contribution < -0.4 is 11.0 Å². The summed E-state index contributed by atoms with van der Waals surface area (Å²) in [4.78, 5) is 48.7. The van der Waals surface area contributed by atoms with Gasteiger partial charge in [0.05, 0.1) is 16.1 Å². The van der Waals surface area contributed by atoms with E-state index in [4.69, 9.17) is 27.9 Å². The number of rotatable bonds is 7. The Labute approximate surface area is 279 Å². The highest BCUT2D eigenvalue weighted by Gasteiger charge is 2.35. The van der Waals surface area contributed by atoms with Gasteiger partial charge in [-0.1, -0.05) is 67.0 Å². The standard InChI is InChI=1S/C32H39Cl2N7O4.CH4/c33-26-7-6-22(20-27(26)34)21-28(30(42)39-18-16-38(17-19-39)24-8-12-35-13-9-24)45-32(44)40-14-10-25(11-15-40)41-31(43)36-29(37-41)23-4-2-1-3-5-23;/h1-7,20,24-25,28,35H,8-19,21H2,(H,36,37,43);1H4/t28-;/m1./s1. The molecule has 13 heteroatoms. The lowest BCUT2D eigenvalue weighted by molar-refractivity contribution is -0.143. The minimum absolute atomic E-state index is 0. The number of ether oxygens (including phenoxy) is 1. The van der Waals surface area contributed by atoms with Crippen molar-refractivity contribution in [3.8, 4) is 11.4 Å². The summed E-state index contributed by atoms with van der Waals surface area (Å²) in [5.74, 6) is 0.313. The summed E-state index contributed by atoms with van der Waals surface area (Å²) in [5, 5.41) is 8.74. The summed E-state index contributed by atoms with van der Waals surface area (Å²) in [6.07, 6.45) is 1.96. The summed E-state index contributed by atoms with van der Waals surface area (Å²) >= 11 is 12.4. The molecule has 6 rings (SSSR count). The fraction of sp³-hybridized carbons (Fsp3) is 0.515. The third-order valence-electron chi connectivity index (χ3n) is 9.13. The molecule has 1 aromatic heterocycles. The van der Waals surface area contributed by atoms with E-state index in [1.54, 1.807) is 23.1 Å². The van der Waals surface area contributed by atoms with Crippen molar-refractivity contribution < 1.29 is 14.3 Å². The second-order valence-electron chi connectivity index (χ2n) is 12.0. The average Bonchev–Trinajstić information content (AvgIpc) is 3.48. The molecule has 2 N–H and O–H groups in total. The molecule has 0 spiro atoms. The molecule has 4 heterocycles. The molecule has 2 aromatic carbocycles. The second-order valence-corrected chi connectivity index (χ2v) is 12.8. The number of hydrogen-bond donors (Lipinski definition) is 2. The van der Waals surface area contributed by atoms with E-state index in [9.17, 15) is 14.4 Å². The van der Waals surface area contributed by atoms with Crippen LogP contribution in [0.2, 0.25) is 10.0 Å². The van der Waals surface area contributed by atoms with E-state index in [0.717, 1.165) is 50.1 Å². The van der Waals surface area contributed by atoms with Crippen LogP contribution in [-0.2, 0) is 16.0 Å². The minimum Gasteiger partial charge on any atom is -0.436 e. The van der Waals surface area contributed by atoms with Crippen LogP contribution in [-0.4, -0.2) is 106 Å². The van der Waals surface area contributed by atoms with E-state index >= 15 is 0 Å². The van der Waals surface area contributed by atoms with E-state index in [0.29, 0.717) is 60.9 Å². The number of hydrogen-bond acceptors (Lipinski definition) is 7. The van der Waals surface area contributed by atoms with Crippen LogP contribution in [0, 0.1) is 0 Å². The van der Waals surface area contributed by atoms with Crippen molar-refractivity contribution in [2.45, 2.75) is 57.7 Å². The molecule has 0 unspecified atom stereocenters. The van der Waals surface area contributed by atoms with Gasteiger partial charge in [-0.25, -0.2) is 14.3 Å². The van der Waals surface area contributed by atoms with Gasteiger partial charge in [0.15, 0.2) is 11.9 Å². The molecule has 0 bridgehead atoms. The van der Waals surface area contributed by atoms with Crippen LogP contribution >= 0.6 is 23.2 Å². The fourth-order valence-electron chi connectivity index (χ4n) is 6.54. The Balaban J connectivity index is 0.00000417. The quantitative estimate of drug-likeness (QED) is 0.381. The van der Waals surface area contributed by atoms with Crippen molar-refractivity contribution in [3.05, 3.63) is 74.6 Å². The smallest absolute Gasteiger partial charge is 0.410 e. The molecule has 46 heavy (non-hydrogen) atoms. The summed E-state index contributed by atoms with van der Waals surface area (Å²) in [6, 6.07) is 15.1. The number of benzene rings is 2. The van der Waals surface area contributed by atoms with Gasteiger partial charge in [0, 0.05) is 57.3 Å². The monoisotopic (exact) mass is 671 g/mol. The van der Waals surface area contributed by atoms with Crippen molar-refractivity contribution in [1.29, 1.82) is 0 Å². The molecule has 3 saturated heterocycles. The fourth-order valence-corrected chi connectivity index (χ4v) is 6.86. The lowest BCUT2D eigenvalue weighted by Gasteiger charge is -2.41. The zero-order valence-corrected chi connectivity index (χ0v) is 26.7. The molecule has 0 aliphatic carbocycles. The largest absolute Gasteiger partial charge is 0.436 e. The van der Waals surface area contributed by atoms with Gasteiger partial charge in [-0.05, 0) is 56.5 Å². The topological polar surface area (TPSA) is 116 Å². The number of aromatic nitrogens is 3. The predicted molar refractivity (Wildman–Crippen MR) is 179 cm³/mol.